The third kappa shape index (κ3) is 9.95. The molecule has 2 aliphatic carbocycles. The third-order valence-corrected chi connectivity index (χ3v) is 8.68. The van der Waals surface area contributed by atoms with Crippen LogP contribution in [-0.4, -0.2) is 83.0 Å². The molecular formula is C33H53N5O5. The Labute approximate surface area is 257 Å². The highest BCUT2D eigenvalue weighted by molar-refractivity contribution is 5.94. The first-order chi connectivity index (χ1) is 20.3. The number of hydrogen-bond donors (Lipinski definition) is 3. The van der Waals surface area contributed by atoms with Gasteiger partial charge in [-0.05, 0) is 77.7 Å². The molecule has 1 saturated carbocycles. The minimum Gasteiger partial charge on any atom is -0.444 e. The first-order valence-corrected chi connectivity index (χ1v) is 15.9. The molecule has 2 fully saturated rings. The van der Waals surface area contributed by atoms with Gasteiger partial charge in [0, 0.05) is 19.6 Å². The largest absolute Gasteiger partial charge is 0.444 e. The Morgan fingerprint density at radius 1 is 1.07 bits per heavy atom. The fraction of sp³-hybridized carbons (Fsp3) is 0.697. The van der Waals surface area contributed by atoms with Crippen molar-refractivity contribution in [3.63, 3.8) is 0 Å². The van der Waals surface area contributed by atoms with Crippen molar-refractivity contribution in [2.45, 2.75) is 128 Å². The Morgan fingerprint density at radius 3 is 2.42 bits per heavy atom. The summed E-state index contributed by atoms with van der Waals surface area (Å²) < 4.78 is 5.43. The molecule has 4 N–H and O–H groups in total. The summed E-state index contributed by atoms with van der Waals surface area (Å²) in [4.78, 5) is 56.8. The summed E-state index contributed by atoms with van der Waals surface area (Å²) in [7, 11) is 1.51. The van der Waals surface area contributed by atoms with E-state index in [1.54, 1.807) is 32.6 Å². The number of carbonyl (C=O) groups is 4. The van der Waals surface area contributed by atoms with Gasteiger partial charge in [0.25, 0.3) is 0 Å². The number of ether oxygens (including phenoxy) is 1. The van der Waals surface area contributed by atoms with E-state index in [1.165, 1.54) is 11.9 Å². The van der Waals surface area contributed by atoms with Crippen molar-refractivity contribution in [3.8, 4) is 0 Å². The molecule has 1 aliphatic heterocycles. The molecule has 5 atom stereocenters. The Balaban J connectivity index is 1.77. The highest BCUT2D eigenvalue weighted by atomic mass is 16.6. The van der Waals surface area contributed by atoms with Crippen LogP contribution in [-0.2, 0) is 19.1 Å². The molecule has 1 heterocycles. The first-order valence-electron chi connectivity index (χ1n) is 15.9. The second-order valence-electron chi connectivity index (χ2n) is 13.4. The molecule has 1 saturated heterocycles. The minimum absolute atomic E-state index is 0.0685. The maximum absolute atomic E-state index is 14.2. The average Bonchev–Trinajstić information content (AvgIpc) is 3.36. The molecule has 43 heavy (non-hydrogen) atoms. The van der Waals surface area contributed by atoms with Gasteiger partial charge < -0.3 is 26.0 Å². The Morgan fingerprint density at radius 2 is 1.74 bits per heavy atom. The van der Waals surface area contributed by atoms with E-state index in [-0.39, 0.29) is 36.4 Å². The number of allylic oxidation sites excluding steroid dienone is 3. The predicted octanol–water partition coefficient (Wildman–Crippen LogP) is 3.96. The summed E-state index contributed by atoms with van der Waals surface area (Å²) in [5.74, 6) is -1.06. The van der Waals surface area contributed by atoms with E-state index in [1.807, 2.05) is 18.2 Å². The highest BCUT2D eigenvalue weighted by Crippen LogP contribution is 2.30. The summed E-state index contributed by atoms with van der Waals surface area (Å²) in [5.41, 5.74) is 6.44. The summed E-state index contributed by atoms with van der Waals surface area (Å²) in [6.07, 6.45) is 16.0. The topological polar surface area (TPSA) is 134 Å². The van der Waals surface area contributed by atoms with E-state index in [0.717, 1.165) is 63.4 Å². The number of rotatable bonds is 7. The van der Waals surface area contributed by atoms with Gasteiger partial charge in [-0.15, -0.1) is 0 Å². The zero-order valence-electron chi connectivity index (χ0n) is 26.8. The van der Waals surface area contributed by atoms with Crippen LogP contribution in [0.15, 0.2) is 36.5 Å². The Hall–Kier alpha value is -3.14. The summed E-state index contributed by atoms with van der Waals surface area (Å²) >= 11 is 0. The Kier molecular flexibility index (Phi) is 12.4. The fourth-order valence-electron chi connectivity index (χ4n) is 6.03. The van der Waals surface area contributed by atoms with Crippen molar-refractivity contribution in [2.24, 2.45) is 11.7 Å². The lowest BCUT2D eigenvalue weighted by atomic mass is 9.83. The van der Waals surface area contributed by atoms with E-state index < -0.39 is 35.7 Å². The third-order valence-electron chi connectivity index (χ3n) is 8.68. The standard InChI is InChI=1S/C33H53N5O5/c1-22-16-12-9-7-8-10-15-19-26(22)35-30(40)27-20-25(34)21-38(27)31(41)28(24-17-13-11-14-18-24)36-29(39)23(2)37(6)32(42)43-33(3,4)5/h7,9,12,16,23-28H,1,8,10-11,13-15,17-21,34H2,2-6H3,(H,35,40)(H,36,39)/b9-7-,16-12-/t23-,25-,26+,27-,28-/m0/s1. The summed E-state index contributed by atoms with van der Waals surface area (Å²) in [6, 6.07) is -3.00. The molecule has 240 valence electrons. The molecule has 0 aromatic heterocycles. The molecular weight excluding hydrogens is 546 g/mol. The number of amides is 4. The molecule has 10 heteroatoms. The van der Waals surface area contributed by atoms with E-state index in [0.29, 0.717) is 6.42 Å². The van der Waals surface area contributed by atoms with Gasteiger partial charge in [0.05, 0.1) is 6.04 Å². The van der Waals surface area contributed by atoms with Gasteiger partial charge >= 0.3 is 6.09 Å². The minimum atomic E-state index is -0.866. The van der Waals surface area contributed by atoms with Gasteiger partial charge in [0.1, 0.15) is 23.7 Å². The number of hydrogen-bond acceptors (Lipinski definition) is 6. The van der Waals surface area contributed by atoms with E-state index in [4.69, 9.17) is 10.5 Å². The SMILES string of the molecule is C=C1/C=C\C=C/CCCC[C@H]1NC(=O)[C@@H]1C[C@H](N)CN1C(=O)[C@@H](NC(=O)[C@H](C)N(C)C(=O)OC(C)(C)C)C1CCCCC1. The molecule has 0 unspecified atom stereocenters. The maximum atomic E-state index is 14.2. The summed E-state index contributed by atoms with van der Waals surface area (Å²) in [5, 5.41) is 6.12. The quantitative estimate of drug-likeness (QED) is 0.406. The van der Waals surface area contributed by atoms with Crippen LogP contribution < -0.4 is 16.4 Å². The molecule has 0 spiro atoms. The van der Waals surface area contributed by atoms with Gasteiger partial charge in [0.15, 0.2) is 0 Å². The number of nitrogens with zero attached hydrogens (tertiary/aromatic N) is 2. The maximum Gasteiger partial charge on any atom is 0.410 e. The van der Waals surface area contributed by atoms with Crippen molar-refractivity contribution in [2.75, 3.05) is 13.6 Å². The van der Waals surface area contributed by atoms with E-state index >= 15 is 0 Å². The van der Waals surface area contributed by atoms with Crippen LogP contribution in [0.1, 0.15) is 91.9 Å². The lowest BCUT2D eigenvalue weighted by molar-refractivity contribution is -0.143. The number of carbonyl (C=O) groups excluding carboxylic acids is 4. The molecule has 3 aliphatic rings. The van der Waals surface area contributed by atoms with Crippen LogP contribution in [0.25, 0.3) is 0 Å². The smallest absolute Gasteiger partial charge is 0.410 e. The van der Waals surface area contributed by atoms with Crippen LogP contribution in [0.2, 0.25) is 0 Å². The van der Waals surface area contributed by atoms with Crippen molar-refractivity contribution in [3.05, 3.63) is 36.5 Å². The first kappa shape index (κ1) is 34.4. The molecule has 4 amide bonds. The Bertz CT molecular complexity index is 1070. The van der Waals surface area contributed by atoms with Crippen LogP contribution in [0, 0.1) is 5.92 Å². The molecule has 0 aromatic rings. The lowest BCUT2D eigenvalue weighted by Gasteiger charge is -2.36. The van der Waals surface area contributed by atoms with E-state index in [9.17, 15) is 19.2 Å². The molecule has 3 rings (SSSR count). The second kappa shape index (κ2) is 15.5. The van der Waals surface area contributed by atoms with E-state index in [2.05, 4.69) is 23.3 Å². The van der Waals surface area contributed by atoms with Gasteiger partial charge in [-0.25, -0.2) is 4.79 Å². The molecule has 10 nitrogen and oxygen atoms in total. The lowest BCUT2D eigenvalue weighted by Crippen LogP contribution is -2.59. The average molecular weight is 600 g/mol. The van der Waals surface area contributed by atoms with Crippen LogP contribution in [0.5, 0.6) is 0 Å². The van der Waals surface area contributed by atoms with Crippen LogP contribution >= 0.6 is 0 Å². The van der Waals surface area contributed by atoms with Gasteiger partial charge in [-0.2, -0.15) is 0 Å². The number of nitrogens with one attached hydrogen (secondary N) is 2. The normalized spacial score (nSPS) is 26.5. The summed E-state index contributed by atoms with van der Waals surface area (Å²) in [6.45, 7) is 11.3. The number of likely N-dealkylation sites (N-methyl/N-ethyl adjacent to an activating group) is 1. The molecule has 0 radical (unpaired) electrons. The highest BCUT2D eigenvalue weighted by Gasteiger charge is 2.44. The van der Waals surface area contributed by atoms with Crippen LogP contribution in [0.4, 0.5) is 4.79 Å². The van der Waals surface area contributed by atoms with Gasteiger partial charge in [-0.1, -0.05) is 56.6 Å². The second-order valence-corrected chi connectivity index (χ2v) is 13.4. The zero-order chi connectivity index (χ0) is 31.7. The number of likely N-dealkylation sites (tertiary alicyclic amines) is 1. The molecule has 0 bridgehead atoms. The van der Waals surface area contributed by atoms with Crippen molar-refractivity contribution >= 4 is 23.8 Å². The molecule has 0 aromatic carbocycles. The zero-order valence-corrected chi connectivity index (χ0v) is 26.8. The van der Waals surface area contributed by atoms with Crippen molar-refractivity contribution in [1.82, 2.24) is 20.4 Å². The van der Waals surface area contributed by atoms with Gasteiger partial charge in [0.2, 0.25) is 17.7 Å². The predicted molar refractivity (Wildman–Crippen MR) is 168 cm³/mol. The van der Waals surface area contributed by atoms with Crippen molar-refractivity contribution in [1.29, 1.82) is 0 Å². The van der Waals surface area contributed by atoms with Crippen molar-refractivity contribution < 1.29 is 23.9 Å². The van der Waals surface area contributed by atoms with Gasteiger partial charge in [-0.3, -0.25) is 19.3 Å². The number of nitrogens with two attached hydrogens (primary N) is 1. The monoisotopic (exact) mass is 599 g/mol. The van der Waals surface area contributed by atoms with Crippen LogP contribution in [0.3, 0.4) is 0 Å². The fourth-order valence-corrected chi connectivity index (χ4v) is 6.03.